The van der Waals surface area contributed by atoms with Gasteiger partial charge >= 0.3 is 5.97 Å². The minimum Gasteiger partial charge on any atom is -0.487 e. The number of hydrogen-bond donors (Lipinski definition) is 1. The lowest BCUT2D eigenvalue weighted by Crippen LogP contribution is -2.38. The number of methoxy groups -OCH3 is 1. The van der Waals surface area contributed by atoms with Crippen molar-refractivity contribution < 1.29 is 23.8 Å². The van der Waals surface area contributed by atoms with Gasteiger partial charge in [-0.2, -0.15) is 0 Å². The predicted molar refractivity (Wildman–Crippen MR) is 108 cm³/mol. The highest BCUT2D eigenvalue weighted by Crippen LogP contribution is 2.41. The monoisotopic (exact) mass is 415 g/mol. The van der Waals surface area contributed by atoms with E-state index in [0.717, 1.165) is 28.9 Å². The van der Waals surface area contributed by atoms with E-state index in [1.807, 2.05) is 24.3 Å². The molecule has 7 heteroatoms. The van der Waals surface area contributed by atoms with Gasteiger partial charge in [-0.05, 0) is 36.2 Å². The summed E-state index contributed by atoms with van der Waals surface area (Å²) in [5, 5.41) is 3.59. The van der Waals surface area contributed by atoms with Crippen LogP contribution in [0.2, 0.25) is 5.02 Å². The van der Waals surface area contributed by atoms with Crippen molar-refractivity contribution in [1.29, 1.82) is 0 Å². The third kappa shape index (κ3) is 4.23. The molecule has 0 saturated carbocycles. The smallest absolute Gasteiger partial charge is 0.337 e. The van der Waals surface area contributed by atoms with Gasteiger partial charge in [-0.15, -0.1) is 0 Å². The lowest BCUT2D eigenvalue weighted by atomic mass is 9.99. The molecule has 2 atom stereocenters. The fraction of sp³-hybridized carbons (Fsp3) is 0.364. The van der Waals surface area contributed by atoms with Crippen LogP contribution in [0.4, 0.5) is 0 Å². The summed E-state index contributed by atoms with van der Waals surface area (Å²) in [4.78, 5) is 23.9. The molecule has 1 saturated heterocycles. The van der Waals surface area contributed by atoms with Crippen LogP contribution in [-0.2, 0) is 20.7 Å². The Bertz CT molecular complexity index is 922. The number of hydrogen-bond acceptors (Lipinski definition) is 5. The standard InChI is InChI=1S/C22H22ClNO5/c1-27-22(26)14-4-2-13(3-5-14)19-10-17(23)8-16-9-18(29-20(16)19)11-24-21(25)15-6-7-28-12-15/h2-5,8,10,15,18H,6-7,9,11-12H2,1H3,(H,24,25)/t15-,18-/m1/s1. The molecule has 2 aromatic rings. The fourth-order valence-corrected chi connectivity index (χ4v) is 3.97. The first-order valence-electron chi connectivity index (χ1n) is 9.58. The molecule has 0 aromatic heterocycles. The Kier molecular flexibility index (Phi) is 5.74. The van der Waals surface area contributed by atoms with Crippen LogP contribution >= 0.6 is 11.6 Å². The molecule has 152 valence electrons. The van der Waals surface area contributed by atoms with Gasteiger partial charge < -0.3 is 19.5 Å². The van der Waals surface area contributed by atoms with E-state index < -0.39 is 0 Å². The van der Waals surface area contributed by atoms with Crippen LogP contribution in [0.25, 0.3) is 11.1 Å². The first-order chi connectivity index (χ1) is 14.0. The number of amides is 1. The third-order valence-electron chi connectivity index (χ3n) is 5.28. The van der Waals surface area contributed by atoms with Crippen molar-refractivity contribution in [1.82, 2.24) is 5.32 Å². The van der Waals surface area contributed by atoms with E-state index in [-0.39, 0.29) is 23.9 Å². The molecule has 0 spiro atoms. The molecule has 1 N–H and O–H groups in total. The van der Waals surface area contributed by atoms with Gasteiger partial charge in [0.05, 0.1) is 31.7 Å². The lowest BCUT2D eigenvalue weighted by molar-refractivity contribution is -0.125. The molecule has 1 fully saturated rings. The second-order valence-corrected chi connectivity index (χ2v) is 7.70. The van der Waals surface area contributed by atoms with Crippen molar-refractivity contribution in [3.63, 3.8) is 0 Å². The average molecular weight is 416 g/mol. The van der Waals surface area contributed by atoms with Crippen LogP contribution in [0.15, 0.2) is 36.4 Å². The highest BCUT2D eigenvalue weighted by atomic mass is 35.5. The largest absolute Gasteiger partial charge is 0.487 e. The van der Waals surface area contributed by atoms with Crippen molar-refractivity contribution in [3.8, 4) is 16.9 Å². The minimum atomic E-state index is -0.382. The summed E-state index contributed by atoms with van der Waals surface area (Å²) in [6.07, 6.45) is 1.28. The molecule has 0 bridgehead atoms. The topological polar surface area (TPSA) is 73.9 Å². The van der Waals surface area contributed by atoms with Gasteiger partial charge in [-0.1, -0.05) is 23.7 Å². The van der Waals surface area contributed by atoms with Crippen molar-refractivity contribution in [2.24, 2.45) is 5.92 Å². The Labute approximate surface area is 174 Å². The molecule has 2 aliphatic rings. The summed E-state index contributed by atoms with van der Waals surface area (Å²) in [5.41, 5.74) is 3.24. The number of benzene rings is 2. The van der Waals surface area contributed by atoms with Crippen molar-refractivity contribution in [2.75, 3.05) is 26.9 Å². The number of halogens is 1. The normalized spacial score (nSPS) is 20.1. The Balaban J connectivity index is 1.49. The van der Waals surface area contributed by atoms with Crippen LogP contribution in [0.1, 0.15) is 22.3 Å². The Hall–Kier alpha value is -2.57. The number of ether oxygens (including phenoxy) is 3. The van der Waals surface area contributed by atoms with Crippen LogP contribution < -0.4 is 10.1 Å². The van der Waals surface area contributed by atoms with Crippen LogP contribution in [0.5, 0.6) is 5.75 Å². The lowest BCUT2D eigenvalue weighted by Gasteiger charge is -2.15. The molecule has 0 aliphatic carbocycles. The summed E-state index contributed by atoms with van der Waals surface area (Å²) in [6.45, 7) is 1.56. The van der Waals surface area contributed by atoms with E-state index in [0.29, 0.717) is 36.8 Å². The summed E-state index contributed by atoms with van der Waals surface area (Å²) in [7, 11) is 1.35. The second-order valence-electron chi connectivity index (χ2n) is 7.26. The molecule has 2 aromatic carbocycles. The Morgan fingerprint density at radius 3 is 2.72 bits per heavy atom. The van der Waals surface area contributed by atoms with Crippen molar-refractivity contribution in [2.45, 2.75) is 18.9 Å². The molecule has 2 aliphatic heterocycles. The van der Waals surface area contributed by atoms with Crippen molar-refractivity contribution in [3.05, 3.63) is 52.5 Å². The highest BCUT2D eigenvalue weighted by molar-refractivity contribution is 6.31. The molecule has 0 unspecified atom stereocenters. The Morgan fingerprint density at radius 1 is 1.24 bits per heavy atom. The van der Waals surface area contributed by atoms with Crippen LogP contribution in [-0.4, -0.2) is 44.8 Å². The van der Waals surface area contributed by atoms with E-state index in [1.165, 1.54) is 7.11 Å². The van der Waals surface area contributed by atoms with Gasteiger partial charge in [0, 0.05) is 29.2 Å². The first kappa shape index (κ1) is 19.7. The number of nitrogens with one attached hydrogen (secondary N) is 1. The maximum Gasteiger partial charge on any atom is 0.337 e. The second kappa shape index (κ2) is 8.43. The zero-order valence-corrected chi connectivity index (χ0v) is 16.8. The zero-order valence-electron chi connectivity index (χ0n) is 16.1. The quantitative estimate of drug-likeness (QED) is 0.759. The summed E-state index contributed by atoms with van der Waals surface area (Å²) in [5.74, 6) is 0.326. The Morgan fingerprint density at radius 2 is 2.03 bits per heavy atom. The molecule has 4 rings (SSSR count). The van der Waals surface area contributed by atoms with E-state index in [4.69, 9.17) is 25.8 Å². The van der Waals surface area contributed by atoms with E-state index in [1.54, 1.807) is 12.1 Å². The van der Waals surface area contributed by atoms with Gasteiger partial charge in [0.25, 0.3) is 0 Å². The van der Waals surface area contributed by atoms with E-state index in [9.17, 15) is 9.59 Å². The average Bonchev–Trinajstić information content (AvgIpc) is 3.41. The number of rotatable bonds is 5. The number of carbonyl (C=O) groups is 2. The number of fused-ring (bicyclic) bond motifs is 1. The van der Waals surface area contributed by atoms with Gasteiger partial charge in [0.15, 0.2) is 0 Å². The first-order valence-corrected chi connectivity index (χ1v) is 9.96. The SMILES string of the molecule is COC(=O)c1ccc(-c2cc(Cl)cc3c2O[C@@H](CNC(=O)[C@@H]2CCOC2)C3)cc1. The molecular weight excluding hydrogens is 394 g/mol. The van der Waals surface area contributed by atoms with Crippen LogP contribution in [0.3, 0.4) is 0 Å². The fourth-order valence-electron chi connectivity index (χ4n) is 3.73. The predicted octanol–water partition coefficient (Wildman–Crippen LogP) is 3.25. The summed E-state index contributed by atoms with van der Waals surface area (Å²) >= 11 is 6.33. The molecule has 29 heavy (non-hydrogen) atoms. The molecule has 6 nitrogen and oxygen atoms in total. The summed E-state index contributed by atoms with van der Waals surface area (Å²) in [6, 6.07) is 10.9. The third-order valence-corrected chi connectivity index (χ3v) is 5.50. The van der Waals surface area contributed by atoms with Gasteiger partial charge in [-0.3, -0.25) is 4.79 Å². The maximum absolute atomic E-state index is 12.2. The highest BCUT2D eigenvalue weighted by Gasteiger charge is 2.29. The molecule has 0 radical (unpaired) electrons. The van der Waals surface area contributed by atoms with Gasteiger partial charge in [0.1, 0.15) is 11.9 Å². The van der Waals surface area contributed by atoms with Gasteiger partial charge in [-0.25, -0.2) is 4.79 Å². The van der Waals surface area contributed by atoms with E-state index in [2.05, 4.69) is 5.32 Å². The zero-order chi connectivity index (χ0) is 20.4. The molecule has 1 amide bonds. The van der Waals surface area contributed by atoms with E-state index >= 15 is 0 Å². The minimum absolute atomic E-state index is 0.0127. The molecule has 2 heterocycles. The molecular formula is C22H22ClNO5. The van der Waals surface area contributed by atoms with Crippen molar-refractivity contribution >= 4 is 23.5 Å². The summed E-state index contributed by atoms with van der Waals surface area (Å²) < 4.78 is 16.2. The number of carbonyl (C=O) groups excluding carboxylic acids is 2. The van der Waals surface area contributed by atoms with Gasteiger partial charge in [0.2, 0.25) is 5.91 Å². The maximum atomic E-state index is 12.2. The van der Waals surface area contributed by atoms with Crippen LogP contribution in [0, 0.1) is 5.92 Å². The number of esters is 1.